The molecule has 35 heavy (non-hydrogen) atoms. The van der Waals surface area contributed by atoms with Gasteiger partial charge >= 0.3 is 17.8 Å². The maximum atomic E-state index is 13.6. The molecule has 2 heterocycles. The van der Waals surface area contributed by atoms with E-state index in [1.54, 1.807) is 0 Å². The van der Waals surface area contributed by atoms with Crippen molar-refractivity contribution in [1.29, 1.82) is 0 Å². The van der Waals surface area contributed by atoms with Crippen molar-refractivity contribution in [3.8, 4) is 0 Å². The zero-order chi connectivity index (χ0) is 25.3. The molecule has 1 fully saturated rings. The lowest BCUT2D eigenvalue weighted by molar-refractivity contribution is -0.384. The van der Waals surface area contributed by atoms with Crippen LogP contribution in [-0.2, 0) is 15.7 Å². The maximum Gasteiger partial charge on any atom is 0.433 e. The molecule has 0 amide bonds. The summed E-state index contributed by atoms with van der Waals surface area (Å²) in [7, 11) is 1.08. The Bertz CT molecular complexity index is 1310. The van der Waals surface area contributed by atoms with Crippen LogP contribution < -0.4 is 10.2 Å². The number of aromatic nitrogens is 1. The molecule has 3 aromatic rings. The number of pyridine rings is 1. The molecule has 184 valence electrons. The first-order chi connectivity index (χ1) is 16.6. The highest BCUT2D eigenvalue weighted by atomic mass is 35.5. The molecule has 13 heteroatoms. The number of nitro groups is 1. The van der Waals surface area contributed by atoms with Gasteiger partial charge in [-0.2, -0.15) is 13.2 Å². The van der Waals surface area contributed by atoms with E-state index < -0.39 is 28.5 Å². The average molecular weight is 511 g/mol. The molecular weight excluding hydrogens is 493 g/mol. The number of hydrogen-bond acceptors (Lipinski definition) is 8. The first kappa shape index (κ1) is 24.5. The van der Waals surface area contributed by atoms with Crippen LogP contribution in [0.4, 0.5) is 35.9 Å². The average Bonchev–Trinajstić information content (AvgIpc) is 2.83. The van der Waals surface area contributed by atoms with E-state index in [1.807, 2.05) is 4.90 Å². The molecule has 2 aromatic carbocycles. The summed E-state index contributed by atoms with van der Waals surface area (Å²) in [5.74, 6) is -0.964. The lowest BCUT2D eigenvalue weighted by atomic mass is 10.1. The number of halogens is 4. The molecule has 1 saturated heterocycles. The number of methoxy groups -OCH3 is 1. The summed E-state index contributed by atoms with van der Waals surface area (Å²) in [5.41, 5.74) is -2.24. The Morgan fingerprint density at radius 1 is 1.23 bits per heavy atom. The van der Waals surface area contributed by atoms with Crippen molar-refractivity contribution in [1.82, 2.24) is 4.98 Å². The van der Waals surface area contributed by atoms with Gasteiger partial charge in [0.15, 0.2) is 0 Å². The number of nitrogens with one attached hydrogen (secondary N) is 1. The summed E-state index contributed by atoms with van der Waals surface area (Å²) >= 11 is 6.10. The van der Waals surface area contributed by atoms with E-state index in [-0.39, 0.29) is 32.9 Å². The lowest BCUT2D eigenvalue weighted by Crippen LogP contribution is -2.36. The molecule has 9 nitrogen and oxygen atoms in total. The minimum absolute atomic E-state index is 0.0246. The number of hydrogen-bond donors (Lipinski definition) is 1. The second kappa shape index (κ2) is 9.55. The molecule has 0 radical (unpaired) electrons. The van der Waals surface area contributed by atoms with Crippen LogP contribution >= 0.6 is 11.6 Å². The number of fused-ring (bicyclic) bond motifs is 1. The molecule has 1 aromatic heterocycles. The minimum atomic E-state index is -4.80. The number of nitrogens with zero attached hydrogens (tertiary/aromatic N) is 3. The van der Waals surface area contributed by atoms with Gasteiger partial charge in [0, 0.05) is 24.2 Å². The van der Waals surface area contributed by atoms with Crippen LogP contribution in [0.1, 0.15) is 16.1 Å². The Morgan fingerprint density at radius 3 is 2.57 bits per heavy atom. The summed E-state index contributed by atoms with van der Waals surface area (Å²) in [4.78, 5) is 29.1. The molecule has 0 atom stereocenters. The summed E-state index contributed by atoms with van der Waals surface area (Å²) in [6.07, 6.45) is -4.80. The van der Waals surface area contributed by atoms with Crippen LogP contribution in [0.25, 0.3) is 10.9 Å². The van der Waals surface area contributed by atoms with Crippen molar-refractivity contribution in [2.24, 2.45) is 0 Å². The predicted octanol–water partition coefficient (Wildman–Crippen LogP) is 5.18. The normalized spacial score (nSPS) is 14.1. The van der Waals surface area contributed by atoms with Crippen molar-refractivity contribution in [3.63, 3.8) is 0 Å². The smallest absolute Gasteiger partial charge is 0.433 e. The molecule has 0 spiro atoms. The van der Waals surface area contributed by atoms with E-state index in [4.69, 9.17) is 21.1 Å². The summed E-state index contributed by atoms with van der Waals surface area (Å²) in [6.45, 7) is 1.69. The van der Waals surface area contributed by atoms with Gasteiger partial charge in [-0.1, -0.05) is 23.7 Å². The second-order valence-corrected chi connectivity index (χ2v) is 7.96. The van der Waals surface area contributed by atoms with Gasteiger partial charge in [0.2, 0.25) is 0 Å². The Kier molecular flexibility index (Phi) is 6.68. The summed E-state index contributed by atoms with van der Waals surface area (Å²) in [5, 5.41) is 14.9. The van der Waals surface area contributed by atoms with E-state index in [9.17, 15) is 28.1 Å². The molecule has 4 rings (SSSR count). The third-order valence-electron chi connectivity index (χ3n) is 5.41. The zero-order valence-corrected chi connectivity index (χ0v) is 18.9. The van der Waals surface area contributed by atoms with E-state index in [1.165, 1.54) is 30.3 Å². The summed E-state index contributed by atoms with van der Waals surface area (Å²) in [6, 6.07) is 7.85. The maximum absolute atomic E-state index is 13.6. The number of carbonyl (C=O) groups is 1. The number of alkyl halides is 3. The molecule has 1 aliphatic heterocycles. The van der Waals surface area contributed by atoms with Gasteiger partial charge in [0.1, 0.15) is 16.9 Å². The third-order valence-corrected chi connectivity index (χ3v) is 5.71. The van der Waals surface area contributed by atoms with Gasteiger partial charge in [-0.3, -0.25) is 10.1 Å². The molecular formula is C22H18ClF3N4O5. The highest BCUT2D eigenvalue weighted by Crippen LogP contribution is 2.40. The number of para-hydroxylation sites is 1. The van der Waals surface area contributed by atoms with Crippen molar-refractivity contribution in [3.05, 3.63) is 62.8 Å². The monoisotopic (exact) mass is 510 g/mol. The number of ether oxygens (including phenoxy) is 2. The van der Waals surface area contributed by atoms with Crippen LogP contribution in [-0.4, -0.2) is 49.3 Å². The zero-order valence-electron chi connectivity index (χ0n) is 18.2. The fourth-order valence-electron chi connectivity index (χ4n) is 3.79. The Morgan fingerprint density at radius 2 is 1.94 bits per heavy atom. The molecule has 0 bridgehead atoms. The van der Waals surface area contributed by atoms with Crippen LogP contribution in [0.3, 0.4) is 0 Å². The Labute approximate surface area is 201 Å². The SMILES string of the molecule is COC(=O)c1cc(N2CCOCC2)cc(Nc2cc(C(F)(F)F)nc3c(Cl)cccc23)c1[N+](=O)[O-]. The van der Waals surface area contributed by atoms with Crippen molar-refractivity contribution < 1.29 is 32.4 Å². The van der Waals surface area contributed by atoms with Crippen molar-refractivity contribution in [2.45, 2.75) is 6.18 Å². The number of nitro benzene ring substituents is 1. The van der Waals surface area contributed by atoms with Gasteiger partial charge in [0.25, 0.3) is 0 Å². The van der Waals surface area contributed by atoms with Gasteiger partial charge in [-0.25, -0.2) is 9.78 Å². The van der Waals surface area contributed by atoms with Crippen molar-refractivity contribution in [2.75, 3.05) is 43.6 Å². The molecule has 0 saturated carbocycles. The van der Waals surface area contributed by atoms with Gasteiger partial charge in [-0.15, -0.1) is 0 Å². The number of morpholine rings is 1. The molecule has 1 N–H and O–H groups in total. The first-order valence-electron chi connectivity index (χ1n) is 10.3. The van der Waals surface area contributed by atoms with E-state index in [0.717, 1.165) is 13.2 Å². The molecule has 1 aliphatic rings. The first-order valence-corrected chi connectivity index (χ1v) is 10.6. The van der Waals surface area contributed by atoms with Gasteiger partial charge in [-0.05, 0) is 24.3 Å². The predicted molar refractivity (Wildman–Crippen MR) is 123 cm³/mol. The van der Waals surface area contributed by atoms with Crippen LogP contribution in [0, 0.1) is 10.1 Å². The lowest BCUT2D eigenvalue weighted by Gasteiger charge is -2.29. The van der Waals surface area contributed by atoms with Crippen LogP contribution in [0.5, 0.6) is 0 Å². The highest BCUT2D eigenvalue weighted by Gasteiger charge is 2.34. The largest absolute Gasteiger partial charge is 0.465 e. The van der Waals surface area contributed by atoms with Crippen LogP contribution in [0.2, 0.25) is 5.02 Å². The van der Waals surface area contributed by atoms with Gasteiger partial charge < -0.3 is 19.7 Å². The second-order valence-electron chi connectivity index (χ2n) is 7.55. The minimum Gasteiger partial charge on any atom is -0.465 e. The summed E-state index contributed by atoms with van der Waals surface area (Å²) < 4.78 is 50.8. The van der Waals surface area contributed by atoms with Gasteiger partial charge in [0.05, 0.1) is 41.5 Å². The van der Waals surface area contributed by atoms with E-state index in [2.05, 4.69) is 10.3 Å². The number of anilines is 3. The fourth-order valence-corrected chi connectivity index (χ4v) is 4.00. The fraction of sp³-hybridized carbons (Fsp3) is 0.273. The van der Waals surface area contributed by atoms with E-state index >= 15 is 0 Å². The van der Waals surface area contributed by atoms with Crippen LogP contribution in [0.15, 0.2) is 36.4 Å². The third kappa shape index (κ3) is 4.93. The van der Waals surface area contributed by atoms with E-state index in [0.29, 0.717) is 32.0 Å². The van der Waals surface area contributed by atoms with Crippen molar-refractivity contribution >= 4 is 51.2 Å². The number of rotatable bonds is 5. The number of benzene rings is 2. The Hall–Kier alpha value is -3.64. The molecule has 0 aliphatic carbocycles. The molecule has 0 unspecified atom stereocenters. The number of carbonyl (C=O) groups excluding carboxylic acids is 1. The topological polar surface area (TPSA) is 107 Å². The quantitative estimate of drug-likeness (QED) is 0.284. The highest BCUT2D eigenvalue weighted by molar-refractivity contribution is 6.35. The number of esters is 1. The Balaban J connectivity index is 1.95. The standard InChI is InChI=1S/C22H18ClF3N4O5/c1-34-21(31)14-9-12(29-5-7-35-8-6-29)10-17(20(14)30(32)33)27-16-11-18(22(24,25)26)28-19-13(16)3-2-4-15(19)23/h2-4,9-11H,5-8H2,1H3,(H,27,28).